The number of amides is 2. The molecule has 0 saturated carbocycles. The van der Waals surface area contributed by atoms with E-state index in [0.29, 0.717) is 25.2 Å². The third kappa shape index (κ3) is 3.26. The molecule has 140 valence electrons. The minimum Gasteiger partial charge on any atom is -0.444 e. The lowest BCUT2D eigenvalue weighted by molar-refractivity contribution is 0.0136. The van der Waals surface area contributed by atoms with Gasteiger partial charge in [-0.15, -0.1) is 0 Å². The van der Waals surface area contributed by atoms with Crippen molar-refractivity contribution >= 4 is 12.0 Å². The molecular weight excluding hydrogens is 334 g/mol. The van der Waals surface area contributed by atoms with E-state index >= 15 is 0 Å². The Morgan fingerprint density at radius 3 is 2.65 bits per heavy atom. The van der Waals surface area contributed by atoms with E-state index in [0.717, 1.165) is 11.3 Å². The highest BCUT2D eigenvalue weighted by atomic mass is 16.6. The number of carbonyl (C=O) groups is 2. The number of ether oxygens (including phenoxy) is 1. The first kappa shape index (κ1) is 18.2. The summed E-state index contributed by atoms with van der Waals surface area (Å²) in [6.07, 6.45) is 0.169. The number of fused-ring (bicyclic) bond motifs is 3. The summed E-state index contributed by atoms with van der Waals surface area (Å²) in [5.41, 5.74) is 1.50. The Labute approximate surface area is 153 Å². The molecule has 0 spiro atoms. The Hall–Kier alpha value is -2.56. The van der Waals surface area contributed by atoms with Crippen LogP contribution in [0, 0.1) is 17.2 Å². The molecule has 0 fully saturated rings. The smallest absolute Gasteiger partial charge is 0.410 e. The SMILES string of the molecule is CC1Cc2nn3c(c2CN1C(=O)OC(C)(C)C)C(=O)N(C)CC(C#N)C3. The van der Waals surface area contributed by atoms with Gasteiger partial charge in [-0.25, -0.2) is 4.79 Å². The summed E-state index contributed by atoms with van der Waals surface area (Å²) in [5.74, 6) is -0.457. The summed E-state index contributed by atoms with van der Waals surface area (Å²) in [5, 5.41) is 13.9. The maximum absolute atomic E-state index is 12.8. The summed E-state index contributed by atoms with van der Waals surface area (Å²) in [7, 11) is 1.69. The van der Waals surface area contributed by atoms with Crippen molar-refractivity contribution in [3.05, 3.63) is 17.0 Å². The minimum atomic E-state index is -0.580. The lowest BCUT2D eigenvalue weighted by atomic mass is 9.99. The molecule has 2 aliphatic rings. The molecule has 2 atom stereocenters. The molecule has 0 bridgehead atoms. The summed E-state index contributed by atoms with van der Waals surface area (Å²) in [6.45, 7) is 8.49. The van der Waals surface area contributed by atoms with Crippen molar-refractivity contribution in [2.75, 3.05) is 13.6 Å². The molecule has 3 heterocycles. The van der Waals surface area contributed by atoms with Gasteiger partial charge in [0.05, 0.1) is 30.8 Å². The Kier molecular flexibility index (Phi) is 4.42. The van der Waals surface area contributed by atoms with Gasteiger partial charge in [0.25, 0.3) is 5.91 Å². The van der Waals surface area contributed by atoms with Gasteiger partial charge in [0.15, 0.2) is 0 Å². The standard InChI is InChI=1S/C18H25N5O3/c1-11-6-14-13(10-22(11)17(25)26-18(2,3)4)15-16(24)21(5)8-12(7-19)9-23(15)20-14/h11-12H,6,8-10H2,1-5H3. The van der Waals surface area contributed by atoms with Crippen molar-refractivity contribution in [3.63, 3.8) is 0 Å². The van der Waals surface area contributed by atoms with Gasteiger partial charge >= 0.3 is 6.09 Å². The maximum atomic E-state index is 12.8. The number of nitrogens with zero attached hydrogens (tertiary/aromatic N) is 5. The van der Waals surface area contributed by atoms with Crippen LogP contribution in [-0.4, -0.2) is 56.8 Å². The average Bonchev–Trinajstić information content (AvgIpc) is 2.81. The van der Waals surface area contributed by atoms with Crippen LogP contribution in [0.1, 0.15) is 49.4 Å². The van der Waals surface area contributed by atoms with Crippen LogP contribution in [-0.2, 0) is 24.2 Å². The summed E-state index contributed by atoms with van der Waals surface area (Å²) in [4.78, 5) is 28.6. The van der Waals surface area contributed by atoms with Crippen LogP contribution in [0.4, 0.5) is 4.79 Å². The van der Waals surface area contributed by atoms with E-state index in [1.165, 1.54) is 0 Å². The van der Waals surface area contributed by atoms with Crippen LogP contribution >= 0.6 is 0 Å². The molecular formula is C18H25N5O3. The maximum Gasteiger partial charge on any atom is 0.410 e. The zero-order valence-corrected chi connectivity index (χ0v) is 15.9. The van der Waals surface area contributed by atoms with Gasteiger partial charge in [0.1, 0.15) is 11.3 Å². The summed E-state index contributed by atoms with van der Waals surface area (Å²) < 4.78 is 7.16. The third-order valence-electron chi connectivity index (χ3n) is 4.73. The van der Waals surface area contributed by atoms with E-state index < -0.39 is 5.60 Å². The molecule has 1 aromatic rings. The van der Waals surface area contributed by atoms with Gasteiger partial charge in [0.2, 0.25) is 0 Å². The van der Waals surface area contributed by atoms with E-state index in [-0.39, 0.29) is 30.5 Å². The van der Waals surface area contributed by atoms with Gasteiger partial charge in [-0.2, -0.15) is 10.4 Å². The molecule has 0 aliphatic carbocycles. The van der Waals surface area contributed by atoms with Crippen molar-refractivity contribution in [1.29, 1.82) is 5.26 Å². The summed E-state index contributed by atoms with van der Waals surface area (Å²) in [6, 6.07) is 2.17. The zero-order valence-electron chi connectivity index (χ0n) is 15.9. The molecule has 0 aromatic carbocycles. The van der Waals surface area contributed by atoms with Crippen molar-refractivity contribution in [3.8, 4) is 6.07 Å². The fourth-order valence-electron chi connectivity index (χ4n) is 3.47. The fourth-order valence-corrected chi connectivity index (χ4v) is 3.47. The quantitative estimate of drug-likeness (QED) is 0.704. The highest BCUT2D eigenvalue weighted by Gasteiger charge is 2.38. The van der Waals surface area contributed by atoms with Crippen molar-refractivity contribution in [1.82, 2.24) is 19.6 Å². The van der Waals surface area contributed by atoms with Crippen LogP contribution in [0.5, 0.6) is 0 Å². The second-order valence-electron chi connectivity index (χ2n) is 8.13. The normalized spacial score (nSPS) is 23.0. The van der Waals surface area contributed by atoms with E-state index in [1.54, 1.807) is 21.5 Å². The summed E-state index contributed by atoms with van der Waals surface area (Å²) >= 11 is 0. The van der Waals surface area contributed by atoms with E-state index in [9.17, 15) is 14.9 Å². The number of nitriles is 1. The van der Waals surface area contributed by atoms with Gasteiger partial charge in [-0.05, 0) is 27.7 Å². The molecule has 3 rings (SSSR count). The molecule has 2 aliphatic heterocycles. The van der Waals surface area contributed by atoms with Crippen LogP contribution in [0.25, 0.3) is 0 Å². The largest absolute Gasteiger partial charge is 0.444 e. The Balaban J connectivity index is 1.96. The molecule has 1 aromatic heterocycles. The molecule has 2 amide bonds. The fraction of sp³-hybridized carbons (Fsp3) is 0.667. The predicted molar refractivity (Wildman–Crippen MR) is 93.2 cm³/mol. The molecule has 2 unspecified atom stereocenters. The first-order chi connectivity index (χ1) is 12.1. The Bertz CT molecular complexity index is 786. The number of carbonyl (C=O) groups excluding carboxylic acids is 2. The Morgan fingerprint density at radius 2 is 2.04 bits per heavy atom. The third-order valence-corrected chi connectivity index (χ3v) is 4.73. The predicted octanol–water partition coefficient (Wildman–Crippen LogP) is 1.79. The van der Waals surface area contributed by atoms with Gasteiger partial charge in [0, 0.05) is 31.6 Å². The van der Waals surface area contributed by atoms with Crippen molar-refractivity contribution in [2.45, 2.75) is 58.8 Å². The first-order valence-electron chi connectivity index (χ1n) is 8.84. The molecule has 8 heteroatoms. The molecule has 8 nitrogen and oxygen atoms in total. The molecule has 0 N–H and O–H groups in total. The van der Waals surface area contributed by atoms with Crippen LogP contribution in [0.2, 0.25) is 0 Å². The Morgan fingerprint density at radius 1 is 1.35 bits per heavy atom. The van der Waals surface area contributed by atoms with E-state index in [1.807, 2.05) is 27.7 Å². The van der Waals surface area contributed by atoms with Crippen molar-refractivity contribution < 1.29 is 14.3 Å². The number of hydrogen-bond donors (Lipinski definition) is 0. The highest BCUT2D eigenvalue weighted by Crippen LogP contribution is 2.29. The van der Waals surface area contributed by atoms with Crippen LogP contribution in [0.15, 0.2) is 0 Å². The number of aromatic nitrogens is 2. The van der Waals surface area contributed by atoms with Gasteiger partial charge < -0.3 is 14.5 Å². The molecule has 0 radical (unpaired) electrons. The first-order valence-corrected chi connectivity index (χ1v) is 8.84. The highest BCUT2D eigenvalue weighted by molar-refractivity contribution is 5.94. The van der Waals surface area contributed by atoms with E-state index in [4.69, 9.17) is 4.74 Å². The molecule has 0 saturated heterocycles. The number of hydrogen-bond acceptors (Lipinski definition) is 5. The van der Waals surface area contributed by atoms with Crippen molar-refractivity contribution in [2.24, 2.45) is 5.92 Å². The topological polar surface area (TPSA) is 91.5 Å². The second kappa shape index (κ2) is 6.31. The average molecular weight is 359 g/mol. The zero-order chi connectivity index (χ0) is 19.2. The van der Waals surface area contributed by atoms with Crippen LogP contribution in [0.3, 0.4) is 0 Å². The molecule has 26 heavy (non-hydrogen) atoms. The van der Waals surface area contributed by atoms with Gasteiger partial charge in [-0.1, -0.05) is 0 Å². The van der Waals surface area contributed by atoms with Gasteiger partial charge in [-0.3, -0.25) is 9.48 Å². The lowest BCUT2D eigenvalue weighted by Crippen LogP contribution is -2.45. The lowest BCUT2D eigenvalue weighted by Gasteiger charge is -2.34. The van der Waals surface area contributed by atoms with E-state index in [2.05, 4.69) is 11.2 Å². The minimum absolute atomic E-state index is 0.0731. The second-order valence-corrected chi connectivity index (χ2v) is 8.13. The number of rotatable bonds is 0. The monoisotopic (exact) mass is 359 g/mol. The van der Waals surface area contributed by atoms with Crippen LogP contribution < -0.4 is 0 Å².